The van der Waals surface area contributed by atoms with Gasteiger partial charge >= 0.3 is 6.03 Å². The minimum absolute atomic E-state index is 0.0364. The van der Waals surface area contributed by atoms with Crippen molar-refractivity contribution in [2.24, 2.45) is 0 Å². The number of carbonyl (C=O) groups is 2. The van der Waals surface area contributed by atoms with Gasteiger partial charge < -0.3 is 20.7 Å². The van der Waals surface area contributed by atoms with Gasteiger partial charge in [-0.3, -0.25) is 4.79 Å². The maximum atomic E-state index is 11.6. The number of rotatable bonds is 9. The number of thioether (sulfide) groups is 1. The Morgan fingerprint density at radius 1 is 1.38 bits per heavy atom. The van der Waals surface area contributed by atoms with Crippen LogP contribution in [0.3, 0.4) is 0 Å². The molecule has 7 heteroatoms. The van der Waals surface area contributed by atoms with Crippen LogP contribution in [0.1, 0.15) is 32.1 Å². The summed E-state index contributed by atoms with van der Waals surface area (Å²) in [6.07, 6.45) is 4.44. The Hall–Kier alpha value is -0.950. The summed E-state index contributed by atoms with van der Waals surface area (Å²) in [4.78, 5) is 22.9. The maximum Gasteiger partial charge on any atom is 0.315 e. The number of amides is 3. The molecule has 0 saturated carbocycles. The van der Waals surface area contributed by atoms with Gasteiger partial charge in [0.25, 0.3) is 0 Å². The molecule has 2 heterocycles. The number of methoxy groups -OCH3 is 1. The third-order valence-electron chi connectivity index (χ3n) is 3.93. The fraction of sp³-hybridized carbons (Fsp3) is 0.857. The molecule has 3 N–H and O–H groups in total. The number of hydrogen-bond donors (Lipinski definition) is 3. The van der Waals surface area contributed by atoms with Gasteiger partial charge in [-0.15, -0.1) is 0 Å². The van der Waals surface area contributed by atoms with Crippen LogP contribution in [0.15, 0.2) is 0 Å². The number of fused-ring (bicyclic) bond motifs is 1. The van der Waals surface area contributed by atoms with Crippen LogP contribution in [0.5, 0.6) is 0 Å². The summed E-state index contributed by atoms with van der Waals surface area (Å²) in [5.74, 6) is 1.12. The van der Waals surface area contributed by atoms with Crippen molar-refractivity contribution in [2.45, 2.75) is 49.4 Å². The minimum Gasteiger partial charge on any atom is -0.385 e. The van der Waals surface area contributed by atoms with E-state index in [0.717, 1.165) is 31.4 Å². The Balaban J connectivity index is 1.52. The summed E-state index contributed by atoms with van der Waals surface area (Å²) >= 11 is 1.92. The first kappa shape index (κ1) is 16.4. The smallest absolute Gasteiger partial charge is 0.315 e. The molecule has 6 nitrogen and oxygen atoms in total. The van der Waals surface area contributed by atoms with Gasteiger partial charge in [-0.1, -0.05) is 6.42 Å². The summed E-state index contributed by atoms with van der Waals surface area (Å²) in [6.45, 7) is 1.37. The number of unbranched alkanes of at least 4 members (excludes halogenated alkanes) is 1. The van der Waals surface area contributed by atoms with Crippen LogP contribution in [0.25, 0.3) is 0 Å². The first-order chi connectivity index (χ1) is 10.2. The Bertz CT molecular complexity index is 367. The van der Waals surface area contributed by atoms with Crippen LogP contribution in [-0.4, -0.2) is 55.3 Å². The van der Waals surface area contributed by atoms with Crippen molar-refractivity contribution in [3.8, 4) is 0 Å². The van der Waals surface area contributed by atoms with Crippen LogP contribution in [0, 0.1) is 0 Å². The first-order valence-electron chi connectivity index (χ1n) is 7.65. The van der Waals surface area contributed by atoms with E-state index in [-0.39, 0.29) is 24.0 Å². The molecule has 2 aliphatic heterocycles. The van der Waals surface area contributed by atoms with E-state index in [1.165, 1.54) is 0 Å². The van der Waals surface area contributed by atoms with Crippen molar-refractivity contribution >= 4 is 23.7 Å². The van der Waals surface area contributed by atoms with Gasteiger partial charge in [0.1, 0.15) is 0 Å². The van der Waals surface area contributed by atoms with Gasteiger partial charge in [0.2, 0.25) is 5.91 Å². The normalized spacial score (nSPS) is 27.1. The largest absolute Gasteiger partial charge is 0.385 e. The van der Waals surface area contributed by atoms with Crippen molar-refractivity contribution < 1.29 is 14.3 Å². The molecule has 2 rings (SSSR count). The Morgan fingerprint density at radius 3 is 3.05 bits per heavy atom. The average molecular weight is 315 g/mol. The Morgan fingerprint density at radius 2 is 2.24 bits per heavy atom. The molecule has 0 aliphatic carbocycles. The number of hydrogen-bond acceptors (Lipinski definition) is 4. The number of carbonyl (C=O) groups excluding carboxylic acids is 2. The summed E-state index contributed by atoms with van der Waals surface area (Å²) in [5.41, 5.74) is 0. The average Bonchev–Trinajstić information content (AvgIpc) is 2.99. The molecule has 21 heavy (non-hydrogen) atoms. The zero-order valence-corrected chi connectivity index (χ0v) is 13.3. The van der Waals surface area contributed by atoms with Crippen LogP contribution >= 0.6 is 11.8 Å². The second-order valence-corrected chi connectivity index (χ2v) is 6.84. The zero-order valence-electron chi connectivity index (χ0n) is 12.5. The lowest BCUT2D eigenvalue weighted by molar-refractivity contribution is -0.121. The first-order valence-corrected chi connectivity index (χ1v) is 8.70. The fourth-order valence-electron chi connectivity index (χ4n) is 2.81. The molecule has 2 fully saturated rings. The molecule has 0 aromatic heterocycles. The Kier molecular flexibility index (Phi) is 6.63. The number of nitrogens with one attached hydrogen (secondary N) is 3. The lowest BCUT2D eigenvalue weighted by Crippen LogP contribution is -2.36. The van der Waals surface area contributed by atoms with Gasteiger partial charge in [0.15, 0.2) is 0 Å². The molecule has 2 aliphatic rings. The summed E-state index contributed by atoms with van der Waals surface area (Å²) < 4.78 is 4.93. The van der Waals surface area contributed by atoms with E-state index in [1.807, 2.05) is 11.8 Å². The third kappa shape index (κ3) is 5.07. The summed E-state index contributed by atoms with van der Waals surface area (Å²) in [6, 6.07) is 0.521. The van der Waals surface area contributed by atoms with Crippen LogP contribution in [0.2, 0.25) is 0 Å². The van der Waals surface area contributed by atoms with Crippen LogP contribution in [-0.2, 0) is 9.53 Å². The van der Waals surface area contributed by atoms with E-state index in [9.17, 15) is 9.59 Å². The van der Waals surface area contributed by atoms with E-state index in [4.69, 9.17) is 4.74 Å². The van der Waals surface area contributed by atoms with E-state index in [0.29, 0.717) is 24.8 Å². The van der Waals surface area contributed by atoms with Gasteiger partial charge in [-0.05, 0) is 19.3 Å². The summed E-state index contributed by atoms with van der Waals surface area (Å²) in [7, 11) is 1.66. The highest BCUT2D eigenvalue weighted by atomic mass is 32.2. The molecular weight excluding hydrogens is 290 g/mol. The van der Waals surface area contributed by atoms with Gasteiger partial charge in [0, 0.05) is 37.7 Å². The van der Waals surface area contributed by atoms with Crippen molar-refractivity contribution in [1.29, 1.82) is 0 Å². The van der Waals surface area contributed by atoms with Crippen LogP contribution in [0.4, 0.5) is 4.79 Å². The highest BCUT2D eigenvalue weighted by Crippen LogP contribution is 2.33. The molecule has 2 saturated heterocycles. The van der Waals surface area contributed by atoms with Crippen LogP contribution < -0.4 is 16.0 Å². The highest BCUT2D eigenvalue weighted by molar-refractivity contribution is 8.00. The lowest BCUT2D eigenvalue weighted by Gasteiger charge is -2.16. The second-order valence-electron chi connectivity index (χ2n) is 5.56. The standard InChI is InChI=1S/C14H25N3O3S/c1-20-8-4-7-15-12(18)6-3-2-5-11-13-10(9-21-11)16-14(19)17-13/h10-11,13H,2-9H2,1H3,(H,15,18)(H2,16,17,19)/t10-,11?,13-/m0/s1. The molecule has 0 spiro atoms. The number of ether oxygens (including phenoxy) is 1. The predicted octanol–water partition coefficient (Wildman–Crippen LogP) is 0.865. The molecule has 120 valence electrons. The topological polar surface area (TPSA) is 79.5 Å². The molecule has 3 amide bonds. The van der Waals surface area contributed by atoms with Gasteiger partial charge in [-0.2, -0.15) is 11.8 Å². The van der Waals surface area contributed by atoms with Crippen molar-refractivity contribution in [1.82, 2.24) is 16.0 Å². The molecule has 0 aromatic carbocycles. The molecule has 3 atom stereocenters. The maximum absolute atomic E-state index is 11.6. The lowest BCUT2D eigenvalue weighted by atomic mass is 10.0. The zero-order chi connectivity index (χ0) is 15.1. The molecule has 0 radical (unpaired) electrons. The molecule has 0 bridgehead atoms. The monoisotopic (exact) mass is 315 g/mol. The van der Waals surface area contributed by atoms with E-state index >= 15 is 0 Å². The molecule has 0 aromatic rings. The van der Waals surface area contributed by atoms with Crippen molar-refractivity contribution in [2.75, 3.05) is 26.0 Å². The third-order valence-corrected chi connectivity index (χ3v) is 5.44. The van der Waals surface area contributed by atoms with Gasteiger partial charge in [-0.25, -0.2) is 4.79 Å². The SMILES string of the molecule is COCCCNC(=O)CCCCC1SC[C@@H]2NC(=O)N[C@H]12. The Labute approximate surface area is 130 Å². The van der Waals surface area contributed by atoms with Crippen molar-refractivity contribution in [3.05, 3.63) is 0 Å². The molecule has 1 unspecified atom stereocenters. The van der Waals surface area contributed by atoms with E-state index in [1.54, 1.807) is 7.11 Å². The van der Waals surface area contributed by atoms with Gasteiger partial charge in [0.05, 0.1) is 12.1 Å². The summed E-state index contributed by atoms with van der Waals surface area (Å²) in [5, 5.41) is 9.32. The predicted molar refractivity (Wildman–Crippen MR) is 83.5 cm³/mol. The fourth-order valence-corrected chi connectivity index (χ4v) is 4.35. The van der Waals surface area contributed by atoms with Crippen molar-refractivity contribution in [3.63, 3.8) is 0 Å². The molecular formula is C14H25N3O3S. The quantitative estimate of drug-likeness (QED) is 0.436. The number of urea groups is 1. The second kappa shape index (κ2) is 8.48. The minimum atomic E-state index is -0.0364. The highest BCUT2D eigenvalue weighted by Gasteiger charge is 2.42. The van der Waals surface area contributed by atoms with E-state index in [2.05, 4.69) is 16.0 Å². The van der Waals surface area contributed by atoms with E-state index < -0.39 is 0 Å².